The number of aryl methyl sites for hydroxylation is 1. The van der Waals surface area contributed by atoms with Gasteiger partial charge in [0, 0.05) is 13.0 Å². The quantitative estimate of drug-likeness (QED) is 0.616. The molecule has 0 radical (unpaired) electrons. The fraction of sp³-hybridized carbons (Fsp3) is 0.429. The molecule has 102 valence electrons. The number of methoxy groups -OCH3 is 1. The molecule has 0 saturated heterocycles. The Hall–Kier alpha value is -1.88. The molecule has 0 aliphatic rings. The summed E-state index contributed by atoms with van der Waals surface area (Å²) in [5.74, 6) is 0.773. The number of nitrogens with one attached hydrogen (secondary N) is 2. The average molecular weight is 261 g/mol. The minimum absolute atomic E-state index is 0.156. The Morgan fingerprint density at radius 1 is 1.47 bits per heavy atom. The summed E-state index contributed by atoms with van der Waals surface area (Å²) in [4.78, 5) is 18.5. The number of aromatic amines is 1. The van der Waals surface area contributed by atoms with Crippen molar-refractivity contribution in [3.8, 4) is 0 Å². The second-order valence-corrected chi connectivity index (χ2v) is 4.53. The zero-order valence-corrected chi connectivity index (χ0v) is 11.3. The van der Waals surface area contributed by atoms with Crippen molar-refractivity contribution in [2.24, 2.45) is 0 Å². The highest BCUT2D eigenvalue weighted by molar-refractivity contribution is 5.75. The number of ether oxygens (including phenoxy) is 1. The molecule has 0 bridgehead atoms. The second kappa shape index (κ2) is 6.33. The summed E-state index contributed by atoms with van der Waals surface area (Å²) in [7, 11) is 1.41. The third-order valence-corrected chi connectivity index (χ3v) is 2.96. The maximum atomic E-state index is 10.9. The van der Waals surface area contributed by atoms with Crippen molar-refractivity contribution in [3.63, 3.8) is 0 Å². The lowest BCUT2D eigenvalue weighted by Crippen LogP contribution is -2.16. The molecule has 2 aromatic rings. The monoisotopic (exact) mass is 261 g/mol. The van der Waals surface area contributed by atoms with Crippen LogP contribution in [-0.4, -0.2) is 29.6 Å². The number of H-pyrrole nitrogens is 1. The molecule has 5 nitrogen and oxygen atoms in total. The van der Waals surface area contributed by atoms with E-state index >= 15 is 0 Å². The van der Waals surface area contributed by atoms with E-state index in [1.165, 1.54) is 12.7 Å². The highest BCUT2D eigenvalue weighted by atomic mass is 16.5. The highest BCUT2D eigenvalue weighted by Crippen LogP contribution is 2.13. The standard InChI is InChI=1S/C14H19N3O2/c1-10-16-12-6-5-11(8-13(12)17-10)9-15-7-3-4-14(18)19-2/h5-6,8,15H,3-4,7,9H2,1-2H3,(H,16,17). The molecule has 1 heterocycles. The van der Waals surface area contributed by atoms with E-state index in [2.05, 4.69) is 32.2 Å². The fourth-order valence-corrected chi connectivity index (χ4v) is 1.99. The smallest absolute Gasteiger partial charge is 0.305 e. The number of imidazole rings is 1. The van der Waals surface area contributed by atoms with Gasteiger partial charge in [0.25, 0.3) is 0 Å². The summed E-state index contributed by atoms with van der Waals surface area (Å²) in [5.41, 5.74) is 3.26. The molecule has 0 atom stereocenters. The predicted molar refractivity (Wildman–Crippen MR) is 73.8 cm³/mol. The van der Waals surface area contributed by atoms with Crippen LogP contribution in [-0.2, 0) is 16.1 Å². The molecule has 0 unspecified atom stereocenters. The molecule has 0 spiro atoms. The number of esters is 1. The van der Waals surface area contributed by atoms with Crippen LogP contribution in [0.5, 0.6) is 0 Å². The van der Waals surface area contributed by atoms with E-state index in [4.69, 9.17) is 0 Å². The normalized spacial score (nSPS) is 10.8. The van der Waals surface area contributed by atoms with Gasteiger partial charge >= 0.3 is 5.97 Å². The summed E-state index contributed by atoms with van der Waals surface area (Å²) in [6.45, 7) is 3.54. The summed E-state index contributed by atoms with van der Waals surface area (Å²) >= 11 is 0. The van der Waals surface area contributed by atoms with Gasteiger partial charge in [0.15, 0.2) is 0 Å². The first kappa shape index (κ1) is 13.5. The first-order chi connectivity index (χ1) is 9.19. The molecule has 19 heavy (non-hydrogen) atoms. The van der Waals surface area contributed by atoms with Crippen LogP contribution in [0.1, 0.15) is 24.2 Å². The zero-order valence-electron chi connectivity index (χ0n) is 11.3. The maximum Gasteiger partial charge on any atom is 0.305 e. The Balaban J connectivity index is 1.79. The van der Waals surface area contributed by atoms with E-state index < -0.39 is 0 Å². The van der Waals surface area contributed by atoms with Crippen LogP contribution in [0.25, 0.3) is 11.0 Å². The van der Waals surface area contributed by atoms with E-state index in [0.29, 0.717) is 6.42 Å². The number of hydrogen-bond donors (Lipinski definition) is 2. The summed E-state index contributed by atoms with van der Waals surface area (Å²) < 4.78 is 4.59. The van der Waals surface area contributed by atoms with E-state index in [1.54, 1.807) is 0 Å². The van der Waals surface area contributed by atoms with Crippen molar-refractivity contribution in [2.75, 3.05) is 13.7 Å². The maximum absolute atomic E-state index is 10.9. The second-order valence-electron chi connectivity index (χ2n) is 4.53. The Morgan fingerprint density at radius 2 is 2.32 bits per heavy atom. The van der Waals surface area contributed by atoms with E-state index in [1.807, 2.05) is 13.0 Å². The van der Waals surface area contributed by atoms with Crippen molar-refractivity contribution < 1.29 is 9.53 Å². The first-order valence-corrected chi connectivity index (χ1v) is 6.42. The van der Waals surface area contributed by atoms with Crippen molar-refractivity contribution in [3.05, 3.63) is 29.6 Å². The van der Waals surface area contributed by atoms with Crippen molar-refractivity contribution in [1.82, 2.24) is 15.3 Å². The lowest BCUT2D eigenvalue weighted by molar-refractivity contribution is -0.140. The van der Waals surface area contributed by atoms with Gasteiger partial charge in [-0.3, -0.25) is 4.79 Å². The number of rotatable bonds is 6. The van der Waals surface area contributed by atoms with Crippen LogP contribution >= 0.6 is 0 Å². The predicted octanol–water partition coefficient (Wildman–Crippen LogP) is 1.91. The number of nitrogens with zero attached hydrogens (tertiary/aromatic N) is 1. The van der Waals surface area contributed by atoms with Crippen LogP contribution in [0.2, 0.25) is 0 Å². The van der Waals surface area contributed by atoms with Crippen LogP contribution in [0.15, 0.2) is 18.2 Å². The largest absolute Gasteiger partial charge is 0.469 e. The SMILES string of the molecule is COC(=O)CCCNCc1ccc2nc(C)[nH]c2c1. The minimum Gasteiger partial charge on any atom is -0.469 e. The van der Waals surface area contributed by atoms with E-state index in [0.717, 1.165) is 36.4 Å². The number of aromatic nitrogens is 2. The van der Waals surface area contributed by atoms with Gasteiger partial charge in [0.2, 0.25) is 0 Å². The van der Waals surface area contributed by atoms with Gasteiger partial charge in [-0.25, -0.2) is 4.98 Å². The zero-order chi connectivity index (χ0) is 13.7. The molecule has 0 aliphatic carbocycles. The van der Waals surface area contributed by atoms with Crippen LogP contribution in [0.4, 0.5) is 0 Å². The molecule has 0 saturated carbocycles. The van der Waals surface area contributed by atoms with Crippen LogP contribution in [0, 0.1) is 6.92 Å². The van der Waals surface area contributed by atoms with Gasteiger partial charge < -0.3 is 15.0 Å². The summed E-state index contributed by atoms with van der Waals surface area (Å²) in [6, 6.07) is 6.18. The molecular formula is C14H19N3O2. The van der Waals surface area contributed by atoms with Crippen molar-refractivity contribution in [2.45, 2.75) is 26.3 Å². The Morgan fingerprint density at radius 3 is 3.11 bits per heavy atom. The molecule has 0 fully saturated rings. The number of carbonyl (C=O) groups is 1. The van der Waals surface area contributed by atoms with Crippen LogP contribution in [0.3, 0.4) is 0 Å². The molecule has 5 heteroatoms. The van der Waals surface area contributed by atoms with E-state index in [-0.39, 0.29) is 5.97 Å². The van der Waals surface area contributed by atoms with Gasteiger partial charge in [-0.1, -0.05) is 6.07 Å². The molecule has 0 amide bonds. The van der Waals surface area contributed by atoms with E-state index in [9.17, 15) is 4.79 Å². The Bertz CT molecular complexity index is 563. The van der Waals surface area contributed by atoms with Crippen molar-refractivity contribution in [1.29, 1.82) is 0 Å². The van der Waals surface area contributed by atoms with Crippen molar-refractivity contribution >= 4 is 17.0 Å². The number of benzene rings is 1. The molecule has 2 N–H and O–H groups in total. The minimum atomic E-state index is -0.156. The topological polar surface area (TPSA) is 67.0 Å². The summed E-state index contributed by atoms with van der Waals surface area (Å²) in [5, 5.41) is 3.31. The average Bonchev–Trinajstić information content (AvgIpc) is 2.77. The fourth-order valence-electron chi connectivity index (χ4n) is 1.99. The van der Waals surface area contributed by atoms with Gasteiger partial charge in [-0.2, -0.15) is 0 Å². The van der Waals surface area contributed by atoms with Gasteiger partial charge in [-0.15, -0.1) is 0 Å². The Kier molecular flexibility index (Phi) is 4.52. The molecule has 0 aliphatic heterocycles. The number of carbonyl (C=O) groups excluding carboxylic acids is 1. The first-order valence-electron chi connectivity index (χ1n) is 6.42. The lowest BCUT2D eigenvalue weighted by Gasteiger charge is -2.04. The van der Waals surface area contributed by atoms with Gasteiger partial charge in [0.05, 0.1) is 18.1 Å². The molecule has 2 rings (SSSR count). The molecule has 1 aromatic heterocycles. The molecular weight excluding hydrogens is 242 g/mol. The number of hydrogen-bond acceptors (Lipinski definition) is 4. The summed E-state index contributed by atoms with van der Waals surface area (Å²) in [6.07, 6.45) is 1.25. The Labute approximate surface area is 112 Å². The van der Waals surface area contributed by atoms with Gasteiger partial charge in [0.1, 0.15) is 5.82 Å². The lowest BCUT2D eigenvalue weighted by atomic mass is 10.2. The van der Waals surface area contributed by atoms with Gasteiger partial charge in [-0.05, 0) is 37.6 Å². The number of fused-ring (bicyclic) bond motifs is 1. The third-order valence-electron chi connectivity index (χ3n) is 2.96. The highest BCUT2D eigenvalue weighted by Gasteiger charge is 2.01. The van der Waals surface area contributed by atoms with Crippen LogP contribution < -0.4 is 5.32 Å². The molecule has 1 aromatic carbocycles. The third kappa shape index (κ3) is 3.79.